The standard InChI is InChI=1S/C24H24FN5O5/c1-33-22-7-5-18-23(29-22)16(17(25)11-27-18)10-26-8-2-3-15-12-30(24(32)35-15)14-4-6-20-19(9-14)28-21(31)13-34-20/h4-7,9,11,15,26H,2-3,8,10,12-13H2,1H3,(H,28,31). The number of anilines is 2. The molecule has 0 aliphatic carbocycles. The number of ether oxygens (including phenoxy) is 3. The molecule has 0 saturated carbocycles. The van der Waals surface area contributed by atoms with E-state index in [0.717, 1.165) is 6.42 Å². The molecule has 2 N–H and O–H groups in total. The van der Waals surface area contributed by atoms with Crippen molar-refractivity contribution >= 4 is 34.4 Å². The number of hydrogen-bond acceptors (Lipinski definition) is 8. The summed E-state index contributed by atoms with van der Waals surface area (Å²) in [6, 6.07) is 8.62. The third-order valence-electron chi connectivity index (χ3n) is 5.91. The Hall–Kier alpha value is -3.99. The smallest absolute Gasteiger partial charge is 0.414 e. The molecule has 0 spiro atoms. The second kappa shape index (κ2) is 9.71. The number of methoxy groups -OCH3 is 1. The Balaban J connectivity index is 1.14. The number of fused-ring (bicyclic) bond motifs is 2. The lowest BCUT2D eigenvalue weighted by molar-refractivity contribution is -0.118. The van der Waals surface area contributed by atoms with Crippen molar-refractivity contribution in [1.82, 2.24) is 15.3 Å². The van der Waals surface area contributed by atoms with Crippen LogP contribution in [-0.4, -0.2) is 54.9 Å². The molecule has 1 fully saturated rings. The van der Waals surface area contributed by atoms with Crippen LogP contribution in [0.1, 0.15) is 18.4 Å². The van der Waals surface area contributed by atoms with Gasteiger partial charge in [0.15, 0.2) is 6.61 Å². The number of halogens is 1. The topological polar surface area (TPSA) is 115 Å². The third-order valence-corrected chi connectivity index (χ3v) is 5.91. The summed E-state index contributed by atoms with van der Waals surface area (Å²) in [6.07, 6.45) is 1.86. The van der Waals surface area contributed by atoms with Gasteiger partial charge in [-0.1, -0.05) is 0 Å². The monoisotopic (exact) mass is 481 g/mol. The maximum Gasteiger partial charge on any atom is 0.414 e. The molecule has 1 saturated heterocycles. The minimum atomic E-state index is -0.434. The molecular formula is C24H24FN5O5. The fourth-order valence-corrected chi connectivity index (χ4v) is 4.15. The van der Waals surface area contributed by atoms with Crippen molar-refractivity contribution in [3.05, 3.63) is 47.9 Å². The molecule has 1 unspecified atom stereocenters. The lowest BCUT2D eigenvalue weighted by atomic mass is 10.1. The van der Waals surface area contributed by atoms with Gasteiger partial charge < -0.3 is 24.8 Å². The number of amides is 2. The Kier molecular flexibility index (Phi) is 6.32. The molecule has 2 aliphatic heterocycles. The summed E-state index contributed by atoms with van der Waals surface area (Å²) in [6.45, 7) is 1.26. The largest absolute Gasteiger partial charge is 0.482 e. The first kappa shape index (κ1) is 22.8. The van der Waals surface area contributed by atoms with E-state index in [4.69, 9.17) is 14.2 Å². The van der Waals surface area contributed by atoms with E-state index in [9.17, 15) is 14.0 Å². The van der Waals surface area contributed by atoms with Crippen LogP contribution in [0.4, 0.5) is 20.6 Å². The number of pyridine rings is 2. The van der Waals surface area contributed by atoms with Gasteiger partial charge in [0.2, 0.25) is 5.88 Å². The van der Waals surface area contributed by atoms with Gasteiger partial charge in [-0.15, -0.1) is 0 Å². The van der Waals surface area contributed by atoms with Crippen molar-refractivity contribution in [2.45, 2.75) is 25.5 Å². The highest BCUT2D eigenvalue weighted by molar-refractivity contribution is 5.97. The average Bonchev–Trinajstić information content (AvgIpc) is 3.24. The second-order valence-corrected chi connectivity index (χ2v) is 8.26. The molecule has 3 aromatic rings. The second-order valence-electron chi connectivity index (χ2n) is 8.26. The third kappa shape index (κ3) is 4.80. The summed E-state index contributed by atoms with van der Waals surface area (Å²) in [5.74, 6) is 0.291. The van der Waals surface area contributed by atoms with Crippen LogP contribution >= 0.6 is 0 Å². The normalized spacial score (nSPS) is 17.1. The molecule has 1 atom stereocenters. The molecule has 0 bridgehead atoms. The average molecular weight is 481 g/mol. The Bertz CT molecular complexity index is 1290. The maximum atomic E-state index is 14.4. The van der Waals surface area contributed by atoms with Crippen molar-refractivity contribution in [2.75, 3.05) is 37.0 Å². The molecule has 2 aliphatic rings. The van der Waals surface area contributed by atoms with E-state index in [1.54, 1.807) is 30.3 Å². The number of rotatable bonds is 8. The molecule has 182 valence electrons. The van der Waals surface area contributed by atoms with Crippen LogP contribution in [0.3, 0.4) is 0 Å². The van der Waals surface area contributed by atoms with Gasteiger partial charge in [0, 0.05) is 23.9 Å². The van der Waals surface area contributed by atoms with Crippen molar-refractivity contribution < 1.29 is 28.2 Å². The van der Waals surface area contributed by atoms with E-state index in [2.05, 4.69) is 20.6 Å². The zero-order valence-electron chi connectivity index (χ0n) is 19.0. The molecule has 2 aromatic heterocycles. The SMILES string of the molecule is COc1ccc2ncc(F)c(CNCCCC3CN(c4ccc5c(c4)NC(=O)CO5)C(=O)O3)c2n1. The predicted octanol–water partition coefficient (Wildman–Crippen LogP) is 3.00. The summed E-state index contributed by atoms with van der Waals surface area (Å²) in [5.41, 5.74) is 2.64. The molecule has 1 aromatic carbocycles. The molecule has 2 amide bonds. The molecular weight excluding hydrogens is 457 g/mol. The Morgan fingerprint density at radius 2 is 2.17 bits per heavy atom. The summed E-state index contributed by atoms with van der Waals surface area (Å²) in [4.78, 5) is 33.9. The van der Waals surface area contributed by atoms with Gasteiger partial charge in [0.25, 0.3) is 5.91 Å². The van der Waals surface area contributed by atoms with Crippen LogP contribution in [0.5, 0.6) is 11.6 Å². The highest BCUT2D eigenvalue weighted by Crippen LogP contribution is 2.33. The van der Waals surface area contributed by atoms with Gasteiger partial charge in [-0.2, -0.15) is 0 Å². The van der Waals surface area contributed by atoms with Crippen molar-refractivity contribution in [2.24, 2.45) is 0 Å². The van der Waals surface area contributed by atoms with Gasteiger partial charge in [-0.3, -0.25) is 14.7 Å². The number of cyclic esters (lactones) is 1. The zero-order valence-corrected chi connectivity index (χ0v) is 19.0. The van der Waals surface area contributed by atoms with Crippen LogP contribution in [0, 0.1) is 5.82 Å². The lowest BCUT2D eigenvalue weighted by Crippen LogP contribution is -2.27. The van der Waals surface area contributed by atoms with Gasteiger partial charge >= 0.3 is 6.09 Å². The Labute approximate surface area is 200 Å². The van der Waals surface area contributed by atoms with E-state index < -0.39 is 11.9 Å². The highest BCUT2D eigenvalue weighted by Gasteiger charge is 2.32. The van der Waals surface area contributed by atoms with Crippen LogP contribution < -0.4 is 25.0 Å². The minimum absolute atomic E-state index is 0.0249. The van der Waals surface area contributed by atoms with E-state index >= 15 is 0 Å². The van der Waals surface area contributed by atoms with Gasteiger partial charge in [0.1, 0.15) is 23.2 Å². The van der Waals surface area contributed by atoms with E-state index in [1.165, 1.54) is 18.2 Å². The molecule has 4 heterocycles. The first-order chi connectivity index (χ1) is 17.0. The molecule has 35 heavy (non-hydrogen) atoms. The van der Waals surface area contributed by atoms with Crippen molar-refractivity contribution in [3.8, 4) is 11.6 Å². The van der Waals surface area contributed by atoms with Gasteiger partial charge in [-0.05, 0) is 43.7 Å². The summed E-state index contributed by atoms with van der Waals surface area (Å²) in [5, 5.41) is 5.97. The number of carbonyl (C=O) groups excluding carboxylic acids is 2. The Morgan fingerprint density at radius 3 is 3.03 bits per heavy atom. The van der Waals surface area contributed by atoms with Gasteiger partial charge in [0.05, 0.1) is 31.1 Å². The summed E-state index contributed by atoms with van der Waals surface area (Å²) < 4.78 is 30.4. The number of nitrogens with zero attached hydrogens (tertiary/aromatic N) is 3. The maximum absolute atomic E-state index is 14.4. The molecule has 10 nitrogen and oxygen atoms in total. The van der Waals surface area contributed by atoms with Crippen molar-refractivity contribution in [1.29, 1.82) is 0 Å². The van der Waals surface area contributed by atoms with E-state index in [0.29, 0.717) is 59.1 Å². The first-order valence-electron chi connectivity index (χ1n) is 11.3. The zero-order chi connectivity index (χ0) is 24.4. The van der Waals surface area contributed by atoms with Crippen molar-refractivity contribution in [3.63, 3.8) is 0 Å². The van der Waals surface area contributed by atoms with Crippen LogP contribution in [-0.2, 0) is 16.1 Å². The van der Waals surface area contributed by atoms with Crippen LogP contribution in [0.15, 0.2) is 36.5 Å². The lowest BCUT2D eigenvalue weighted by Gasteiger charge is -2.20. The number of nitrogens with one attached hydrogen (secondary N) is 2. The minimum Gasteiger partial charge on any atom is -0.482 e. The Morgan fingerprint density at radius 1 is 1.29 bits per heavy atom. The molecule has 11 heteroatoms. The van der Waals surface area contributed by atoms with E-state index in [1.807, 2.05) is 0 Å². The fraction of sp³-hybridized carbons (Fsp3) is 0.333. The number of carbonyl (C=O) groups is 2. The molecule has 0 radical (unpaired) electrons. The van der Waals surface area contributed by atoms with Crippen LogP contribution in [0.25, 0.3) is 11.0 Å². The number of benzene rings is 1. The van der Waals surface area contributed by atoms with E-state index in [-0.39, 0.29) is 25.2 Å². The predicted molar refractivity (Wildman–Crippen MR) is 125 cm³/mol. The van der Waals surface area contributed by atoms with Gasteiger partial charge in [-0.25, -0.2) is 14.2 Å². The fourth-order valence-electron chi connectivity index (χ4n) is 4.15. The summed E-state index contributed by atoms with van der Waals surface area (Å²) >= 11 is 0. The highest BCUT2D eigenvalue weighted by atomic mass is 19.1. The number of hydrogen-bond donors (Lipinski definition) is 2. The number of aromatic nitrogens is 2. The first-order valence-corrected chi connectivity index (χ1v) is 11.3. The quantitative estimate of drug-likeness (QED) is 0.472. The van der Waals surface area contributed by atoms with Crippen LogP contribution in [0.2, 0.25) is 0 Å². The molecule has 5 rings (SSSR count). The summed E-state index contributed by atoms with van der Waals surface area (Å²) in [7, 11) is 1.51.